The van der Waals surface area contributed by atoms with Gasteiger partial charge in [0.15, 0.2) is 0 Å². The molecule has 1 aromatic rings. The van der Waals surface area contributed by atoms with Gasteiger partial charge >= 0.3 is 5.97 Å². The van der Waals surface area contributed by atoms with Crippen molar-refractivity contribution < 1.29 is 18.7 Å². The van der Waals surface area contributed by atoms with Crippen molar-refractivity contribution in [1.29, 1.82) is 0 Å². The minimum Gasteiger partial charge on any atom is -0.481 e. The number of carboxylic acids is 1. The van der Waals surface area contributed by atoms with Gasteiger partial charge in [-0.1, -0.05) is 11.6 Å². The topological polar surface area (TPSA) is 76.2 Å². The van der Waals surface area contributed by atoms with Crippen molar-refractivity contribution in [2.75, 3.05) is 0 Å². The largest absolute Gasteiger partial charge is 0.481 e. The molecule has 0 saturated carbocycles. The number of hydrogen-bond acceptors (Lipinski definition) is 3. The van der Waals surface area contributed by atoms with Crippen LogP contribution in [0.25, 0.3) is 0 Å². The molecule has 0 unspecified atom stereocenters. The molecule has 0 fully saturated rings. The first-order valence-electron chi connectivity index (χ1n) is 4.33. The van der Waals surface area contributed by atoms with E-state index in [0.717, 1.165) is 6.20 Å². The summed E-state index contributed by atoms with van der Waals surface area (Å²) in [7, 11) is 0. The van der Waals surface area contributed by atoms with Crippen molar-refractivity contribution in [3.8, 4) is 0 Å². The van der Waals surface area contributed by atoms with Gasteiger partial charge in [0.2, 0.25) is 0 Å². The molecule has 0 radical (unpaired) electrons. The molecule has 1 aromatic heterocycles. The van der Waals surface area contributed by atoms with Gasteiger partial charge in [-0.15, -0.1) is 0 Å². The zero-order chi connectivity index (χ0) is 12.3. The number of halogens is 3. The first-order valence-corrected chi connectivity index (χ1v) is 4.71. The number of carbonyl (C=O) groups is 1. The lowest BCUT2D eigenvalue weighted by Gasteiger charge is -2.11. The second kappa shape index (κ2) is 5.18. The van der Waals surface area contributed by atoms with E-state index in [1.165, 1.54) is 0 Å². The summed E-state index contributed by atoms with van der Waals surface area (Å²) in [6.45, 7) is -0.174. The van der Waals surface area contributed by atoms with Crippen molar-refractivity contribution in [2.45, 2.75) is 19.4 Å². The zero-order valence-corrected chi connectivity index (χ0v) is 8.84. The summed E-state index contributed by atoms with van der Waals surface area (Å²) in [6.07, 6.45) is -2.12. The normalized spacial score (nSPS) is 10.8. The molecule has 0 amide bonds. The molecule has 88 valence electrons. The Kier molecular flexibility index (Phi) is 4.14. The minimum absolute atomic E-state index is 0.0193. The highest BCUT2D eigenvalue weighted by molar-refractivity contribution is 6.32. The smallest absolute Gasteiger partial charge is 0.307 e. The van der Waals surface area contributed by atoms with E-state index in [-0.39, 0.29) is 22.8 Å². The van der Waals surface area contributed by atoms with Gasteiger partial charge < -0.3 is 10.8 Å². The molecule has 16 heavy (non-hydrogen) atoms. The highest BCUT2D eigenvalue weighted by atomic mass is 35.5. The molecule has 1 rings (SSSR count). The van der Waals surface area contributed by atoms with E-state index in [1.807, 2.05) is 0 Å². The monoisotopic (exact) mass is 250 g/mol. The Morgan fingerprint density at radius 3 is 2.69 bits per heavy atom. The maximum atomic E-state index is 12.7. The standard InChI is InChI=1S/C9H9ClF2N2O2/c10-8-4(1-6(15)16)3-14-5(2-13)7(8)9(11)12/h3,9H,1-2,13H2,(H,15,16). The third-order valence-corrected chi connectivity index (χ3v) is 2.41. The molecule has 1 heterocycles. The lowest BCUT2D eigenvalue weighted by molar-refractivity contribution is -0.136. The summed E-state index contributed by atoms with van der Waals surface area (Å²) < 4.78 is 25.3. The summed E-state index contributed by atoms with van der Waals surface area (Å²) in [5.74, 6) is -1.16. The van der Waals surface area contributed by atoms with Crippen LogP contribution in [0.4, 0.5) is 8.78 Å². The average Bonchev–Trinajstić information content (AvgIpc) is 2.19. The van der Waals surface area contributed by atoms with Gasteiger partial charge in [0.25, 0.3) is 6.43 Å². The molecule has 4 nitrogen and oxygen atoms in total. The maximum Gasteiger partial charge on any atom is 0.307 e. The fourth-order valence-corrected chi connectivity index (χ4v) is 1.56. The molecule has 0 aliphatic rings. The zero-order valence-electron chi connectivity index (χ0n) is 8.08. The summed E-state index contributed by atoms with van der Waals surface area (Å²) in [5.41, 5.74) is 4.79. The number of pyridine rings is 1. The first kappa shape index (κ1) is 12.8. The molecular formula is C9H9ClF2N2O2. The van der Waals surface area contributed by atoms with E-state index < -0.39 is 24.4 Å². The quantitative estimate of drug-likeness (QED) is 0.854. The van der Waals surface area contributed by atoms with Crippen LogP contribution in [0.1, 0.15) is 23.2 Å². The number of rotatable bonds is 4. The van der Waals surface area contributed by atoms with Gasteiger partial charge in [-0.2, -0.15) is 0 Å². The summed E-state index contributed by atoms with van der Waals surface area (Å²) in [4.78, 5) is 14.1. The van der Waals surface area contributed by atoms with Gasteiger partial charge in [0.1, 0.15) is 0 Å². The summed E-state index contributed by atoms with van der Waals surface area (Å²) in [6, 6.07) is 0. The van der Waals surface area contributed by atoms with Crippen LogP contribution in [-0.2, 0) is 17.8 Å². The second-order valence-electron chi connectivity index (χ2n) is 3.03. The Hall–Kier alpha value is -1.27. The van der Waals surface area contributed by atoms with Crippen LogP contribution < -0.4 is 5.73 Å². The Balaban J connectivity index is 3.26. The van der Waals surface area contributed by atoms with Crippen molar-refractivity contribution in [3.05, 3.63) is 28.0 Å². The molecule has 0 saturated heterocycles. The highest BCUT2D eigenvalue weighted by Gasteiger charge is 2.21. The number of alkyl halides is 2. The number of hydrogen-bond donors (Lipinski definition) is 2. The van der Waals surface area contributed by atoms with Crippen LogP contribution in [0.2, 0.25) is 5.02 Å². The van der Waals surface area contributed by atoms with Crippen molar-refractivity contribution >= 4 is 17.6 Å². The third-order valence-electron chi connectivity index (χ3n) is 1.96. The lowest BCUT2D eigenvalue weighted by Crippen LogP contribution is -2.09. The molecule has 0 aliphatic carbocycles. The molecule has 7 heteroatoms. The molecule has 0 aliphatic heterocycles. The number of aromatic nitrogens is 1. The van der Waals surface area contributed by atoms with Crippen LogP contribution in [-0.4, -0.2) is 16.1 Å². The molecule has 0 spiro atoms. The Morgan fingerprint density at radius 2 is 2.25 bits per heavy atom. The molecule has 0 bridgehead atoms. The highest BCUT2D eigenvalue weighted by Crippen LogP contribution is 2.31. The molecule has 0 atom stereocenters. The van der Waals surface area contributed by atoms with Gasteiger partial charge in [-0.3, -0.25) is 9.78 Å². The van der Waals surface area contributed by atoms with Crippen LogP contribution in [0, 0.1) is 0 Å². The number of carboxylic acid groups (broad SMARTS) is 1. The molecular weight excluding hydrogens is 242 g/mol. The number of aliphatic carboxylic acids is 1. The van der Waals surface area contributed by atoms with Crippen molar-refractivity contribution in [1.82, 2.24) is 4.98 Å². The Morgan fingerprint density at radius 1 is 1.62 bits per heavy atom. The molecule has 3 N–H and O–H groups in total. The van der Waals surface area contributed by atoms with Crippen molar-refractivity contribution in [3.63, 3.8) is 0 Å². The maximum absolute atomic E-state index is 12.7. The van der Waals surface area contributed by atoms with E-state index in [2.05, 4.69) is 4.98 Å². The summed E-state index contributed by atoms with van der Waals surface area (Å²) in [5, 5.41) is 8.28. The Labute approximate surface area is 95.0 Å². The van der Waals surface area contributed by atoms with Crippen molar-refractivity contribution in [2.24, 2.45) is 5.73 Å². The lowest BCUT2D eigenvalue weighted by atomic mass is 10.1. The van der Waals surface area contributed by atoms with Crippen LogP contribution in [0.5, 0.6) is 0 Å². The fourth-order valence-electron chi connectivity index (χ4n) is 1.25. The third kappa shape index (κ3) is 2.65. The minimum atomic E-state index is -2.83. The number of nitrogens with two attached hydrogens (primary N) is 1. The van der Waals surface area contributed by atoms with Crippen LogP contribution in [0.15, 0.2) is 6.20 Å². The van der Waals surface area contributed by atoms with Gasteiger partial charge in [-0.25, -0.2) is 8.78 Å². The first-order chi connectivity index (χ1) is 7.47. The van der Waals surface area contributed by atoms with Gasteiger partial charge in [0.05, 0.1) is 22.7 Å². The fraction of sp³-hybridized carbons (Fsp3) is 0.333. The summed E-state index contributed by atoms with van der Waals surface area (Å²) >= 11 is 5.69. The van der Waals surface area contributed by atoms with E-state index in [0.29, 0.717) is 0 Å². The average molecular weight is 251 g/mol. The SMILES string of the molecule is NCc1ncc(CC(=O)O)c(Cl)c1C(F)F. The molecule has 0 aromatic carbocycles. The van der Waals surface area contributed by atoms with E-state index in [9.17, 15) is 13.6 Å². The predicted octanol–water partition coefficient (Wildman–Crippen LogP) is 1.76. The number of nitrogens with zero attached hydrogens (tertiary/aromatic N) is 1. The van der Waals surface area contributed by atoms with Crippen LogP contribution in [0.3, 0.4) is 0 Å². The van der Waals surface area contributed by atoms with Gasteiger partial charge in [0, 0.05) is 18.3 Å². The van der Waals surface area contributed by atoms with E-state index in [1.54, 1.807) is 0 Å². The van der Waals surface area contributed by atoms with Gasteiger partial charge in [-0.05, 0) is 0 Å². The van der Waals surface area contributed by atoms with E-state index in [4.69, 9.17) is 22.4 Å². The second-order valence-corrected chi connectivity index (χ2v) is 3.41. The van der Waals surface area contributed by atoms with E-state index >= 15 is 0 Å². The Bertz CT molecular complexity index is 413. The predicted molar refractivity (Wildman–Crippen MR) is 53.4 cm³/mol. The van der Waals surface area contributed by atoms with Crippen LogP contribution >= 0.6 is 11.6 Å².